The van der Waals surface area contributed by atoms with E-state index >= 15 is 0 Å². The van der Waals surface area contributed by atoms with Crippen LogP contribution in [0.25, 0.3) is 22.5 Å². The Labute approximate surface area is 259 Å². The van der Waals surface area contributed by atoms with Crippen molar-refractivity contribution in [1.29, 1.82) is 0 Å². The highest BCUT2D eigenvalue weighted by Gasteiger charge is 2.36. The van der Waals surface area contributed by atoms with Gasteiger partial charge in [-0.25, -0.2) is 4.99 Å². The molecule has 7 rings (SSSR count). The molecule has 1 aliphatic heterocycles. The SMILES string of the molecule is C=C(N=C(/C=C(\N)c1ccccc1)c1ccccc1)c1cccc(-c2ccc(N3c4ccccc4C4C=CC=CC43)cc2)c1. The average molecular weight is 568 g/mol. The van der Waals surface area contributed by atoms with Gasteiger partial charge < -0.3 is 10.6 Å². The topological polar surface area (TPSA) is 41.6 Å². The van der Waals surface area contributed by atoms with E-state index in [1.165, 1.54) is 16.9 Å². The second-order valence-electron chi connectivity index (χ2n) is 11.1. The van der Waals surface area contributed by atoms with Gasteiger partial charge in [0.15, 0.2) is 0 Å². The second-order valence-corrected chi connectivity index (χ2v) is 11.1. The van der Waals surface area contributed by atoms with Gasteiger partial charge in [-0.15, -0.1) is 0 Å². The Morgan fingerprint density at radius 3 is 2.09 bits per heavy atom. The quantitative estimate of drug-likeness (QED) is 0.199. The molecule has 0 aromatic heterocycles. The summed E-state index contributed by atoms with van der Waals surface area (Å²) in [6.07, 6.45) is 10.9. The Hall–Kier alpha value is -5.67. The maximum absolute atomic E-state index is 6.51. The van der Waals surface area contributed by atoms with E-state index in [0.717, 1.165) is 33.5 Å². The summed E-state index contributed by atoms with van der Waals surface area (Å²) in [5, 5.41) is 0. The van der Waals surface area contributed by atoms with Crippen molar-refractivity contribution >= 4 is 28.5 Å². The van der Waals surface area contributed by atoms with Gasteiger partial charge in [-0.2, -0.15) is 0 Å². The molecule has 0 amide bonds. The number of anilines is 2. The fraction of sp³-hybridized carbons (Fsp3) is 0.0488. The number of nitrogens with two attached hydrogens (primary N) is 1. The predicted molar refractivity (Wildman–Crippen MR) is 186 cm³/mol. The van der Waals surface area contributed by atoms with Gasteiger partial charge in [0.05, 0.1) is 17.5 Å². The van der Waals surface area contributed by atoms with Gasteiger partial charge in [-0.05, 0) is 52.6 Å². The number of rotatable bonds is 7. The van der Waals surface area contributed by atoms with Crippen molar-refractivity contribution in [2.24, 2.45) is 10.7 Å². The molecule has 2 unspecified atom stereocenters. The number of benzene rings is 5. The minimum absolute atomic E-state index is 0.288. The largest absolute Gasteiger partial charge is 0.398 e. The molecule has 0 saturated carbocycles. The lowest BCUT2D eigenvalue weighted by molar-refractivity contribution is 0.745. The summed E-state index contributed by atoms with van der Waals surface area (Å²) in [5.74, 6) is 0.373. The first kappa shape index (κ1) is 27.2. The normalized spacial score (nSPS) is 17.3. The lowest BCUT2D eigenvalue weighted by Gasteiger charge is -2.28. The lowest BCUT2D eigenvalue weighted by atomic mass is 9.91. The van der Waals surface area contributed by atoms with Crippen LogP contribution in [0, 0.1) is 0 Å². The molecule has 1 aliphatic carbocycles. The molecule has 0 bridgehead atoms. The maximum Gasteiger partial charge on any atom is 0.0729 e. The van der Waals surface area contributed by atoms with Gasteiger partial charge in [0.2, 0.25) is 0 Å². The molecule has 2 atom stereocenters. The lowest BCUT2D eigenvalue weighted by Crippen LogP contribution is -2.28. The number of nitrogens with zero attached hydrogens (tertiary/aromatic N) is 2. The van der Waals surface area contributed by atoms with Crippen LogP contribution in [-0.4, -0.2) is 11.8 Å². The van der Waals surface area contributed by atoms with Crippen molar-refractivity contribution in [3.05, 3.63) is 193 Å². The number of allylic oxidation sites excluding steroid dienone is 3. The molecule has 0 radical (unpaired) electrons. The summed E-state index contributed by atoms with van der Waals surface area (Å²) in [7, 11) is 0. The first-order valence-corrected chi connectivity index (χ1v) is 15.0. The number of para-hydroxylation sites is 1. The first-order chi connectivity index (χ1) is 21.7. The third kappa shape index (κ3) is 5.32. The first-order valence-electron chi connectivity index (χ1n) is 15.0. The van der Waals surface area contributed by atoms with Gasteiger partial charge in [-0.3, -0.25) is 0 Å². The summed E-state index contributed by atoms with van der Waals surface area (Å²) >= 11 is 0. The van der Waals surface area contributed by atoms with Crippen molar-refractivity contribution < 1.29 is 0 Å². The Kier molecular flexibility index (Phi) is 7.35. The van der Waals surface area contributed by atoms with E-state index in [1.54, 1.807) is 0 Å². The van der Waals surface area contributed by atoms with E-state index < -0.39 is 0 Å². The smallest absolute Gasteiger partial charge is 0.0729 e. The molecule has 212 valence electrons. The molecule has 3 heteroatoms. The Bertz CT molecular complexity index is 1930. The Morgan fingerprint density at radius 1 is 0.659 bits per heavy atom. The third-order valence-electron chi connectivity index (χ3n) is 8.36. The van der Waals surface area contributed by atoms with Crippen LogP contribution in [0.1, 0.15) is 28.2 Å². The minimum Gasteiger partial charge on any atom is -0.398 e. The molecular formula is C41H33N3. The van der Waals surface area contributed by atoms with Crippen LogP contribution in [0.4, 0.5) is 11.4 Å². The molecule has 0 spiro atoms. The van der Waals surface area contributed by atoms with E-state index in [4.69, 9.17) is 10.7 Å². The molecule has 3 nitrogen and oxygen atoms in total. The minimum atomic E-state index is 0.288. The monoisotopic (exact) mass is 567 g/mol. The fourth-order valence-electron chi connectivity index (χ4n) is 6.14. The molecule has 44 heavy (non-hydrogen) atoms. The highest BCUT2D eigenvalue weighted by Crippen LogP contribution is 2.47. The van der Waals surface area contributed by atoms with E-state index in [-0.39, 0.29) is 6.04 Å². The van der Waals surface area contributed by atoms with Crippen LogP contribution >= 0.6 is 0 Å². The molecular weight excluding hydrogens is 534 g/mol. The van der Waals surface area contributed by atoms with E-state index in [9.17, 15) is 0 Å². The van der Waals surface area contributed by atoms with Crippen molar-refractivity contribution in [2.45, 2.75) is 12.0 Å². The van der Waals surface area contributed by atoms with Crippen molar-refractivity contribution in [3.63, 3.8) is 0 Å². The standard InChI is InChI=1S/C41H33N3/c1-29(43-39(32-15-6-3-7-16-32)28-38(42)31-13-4-2-5-14-31)33-17-12-18-34(27-33)30-23-25-35(26-24-30)44-40-21-10-8-19-36(40)37-20-9-11-22-41(37)44/h2-28,36,40H,1,42H2/b38-28-,43-39?. The zero-order valence-corrected chi connectivity index (χ0v) is 24.4. The molecule has 2 N–H and O–H groups in total. The third-order valence-corrected chi connectivity index (χ3v) is 8.36. The van der Waals surface area contributed by atoms with Gasteiger partial charge in [0.25, 0.3) is 0 Å². The van der Waals surface area contributed by atoms with Crippen LogP contribution < -0.4 is 10.6 Å². The summed E-state index contributed by atoms with van der Waals surface area (Å²) < 4.78 is 0. The summed E-state index contributed by atoms with van der Waals surface area (Å²) in [4.78, 5) is 7.45. The zero-order valence-electron chi connectivity index (χ0n) is 24.4. The number of aliphatic imine (C=N–C) groups is 1. The highest BCUT2D eigenvalue weighted by molar-refractivity contribution is 6.13. The molecule has 5 aromatic rings. The summed E-state index contributed by atoms with van der Waals surface area (Å²) in [6.45, 7) is 4.35. The Morgan fingerprint density at radius 2 is 1.32 bits per heavy atom. The molecule has 5 aromatic carbocycles. The van der Waals surface area contributed by atoms with E-state index in [2.05, 4.69) is 109 Å². The van der Waals surface area contributed by atoms with Gasteiger partial charge in [0, 0.05) is 34.1 Å². The number of hydrogen-bond acceptors (Lipinski definition) is 3. The molecule has 2 aliphatic rings. The van der Waals surface area contributed by atoms with Crippen LogP contribution in [-0.2, 0) is 0 Å². The number of fused-ring (bicyclic) bond motifs is 3. The summed E-state index contributed by atoms with van der Waals surface area (Å²) in [6, 6.07) is 46.4. The average Bonchev–Trinajstić information content (AvgIpc) is 3.43. The van der Waals surface area contributed by atoms with Crippen LogP contribution in [0.3, 0.4) is 0 Å². The van der Waals surface area contributed by atoms with Crippen LogP contribution in [0.15, 0.2) is 175 Å². The van der Waals surface area contributed by atoms with Gasteiger partial charge in [0.1, 0.15) is 0 Å². The second kappa shape index (κ2) is 11.9. The van der Waals surface area contributed by atoms with E-state index in [1.807, 2.05) is 66.7 Å². The van der Waals surface area contributed by atoms with E-state index in [0.29, 0.717) is 17.3 Å². The maximum atomic E-state index is 6.51. The zero-order chi connectivity index (χ0) is 29.9. The molecule has 0 saturated heterocycles. The van der Waals surface area contributed by atoms with Gasteiger partial charge in [-0.1, -0.05) is 140 Å². The van der Waals surface area contributed by atoms with Crippen LogP contribution in [0.5, 0.6) is 0 Å². The molecule has 1 heterocycles. The number of hydrogen-bond donors (Lipinski definition) is 1. The van der Waals surface area contributed by atoms with Crippen molar-refractivity contribution in [3.8, 4) is 11.1 Å². The molecule has 0 fully saturated rings. The van der Waals surface area contributed by atoms with Crippen LogP contribution in [0.2, 0.25) is 0 Å². The Balaban J connectivity index is 1.18. The van der Waals surface area contributed by atoms with Gasteiger partial charge >= 0.3 is 0 Å². The van der Waals surface area contributed by atoms with Crippen molar-refractivity contribution in [1.82, 2.24) is 0 Å². The van der Waals surface area contributed by atoms with Crippen molar-refractivity contribution in [2.75, 3.05) is 4.90 Å². The predicted octanol–water partition coefficient (Wildman–Crippen LogP) is 9.54. The summed E-state index contributed by atoms with van der Waals surface area (Å²) in [5.41, 5.74) is 17.6. The fourth-order valence-corrected chi connectivity index (χ4v) is 6.14. The highest BCUT2D eigenvalue weighted by atomic mass is 15.2.